The van der Waals surface area contributed by atoms with Gasteiger partial charge in [-0.1, -0.05) is 12.1 Å². The Balaban J connectivity index is 3.17. The van der Waals surface area contributed by atoms with E-state index in [2.05, 4.69) is 16.0 Å². The minimum Gasteiger partial charge on any atom is -0.508 e. The lowest BCUT2D eigenvalue weighted by molar-refractivity contribution is -0.144. The van der Waals surface area contributed by atoms with E-state index in [-0.39, 0.29) is 12.2 Å². The summed E-state index contributed by atoms with van der Waals surface area (Å²) in [6.45, 7) is 1.32. The van der Waals surface area contributed by atoms with Crippen LogP contribution in [0.2, 0.25) is 0 Å². The van der Waals surface area contributed by atoms with E-state index in [1.165, 1.54) is 31.2 Å². The lowest BCUT2D eigenvalue weighted by Gasteiger charge is -2.24. The van der Waals surface area contributed by atoms with Crippen LogP contribution in [-0.4, -0.2) is 75.1 Å². The Bertz CT molecular complexity index is 933. The van der Waals surface area contributed by atoms with Gasteiger partial charge in [0.25, 0.3) is 0 Å². The molecule has 186 valence electrons. The molecule has 0 spiro atoms. The Kier molecular flexibility index (Phi) is 10.4. The number of carboxylic acid groups (broad SMARTS) is 2. The van der Waals surface area contributed by atoms with Crippen LogP contribution in [0.3, 0.4) is 0 Å². The van der Waals surface area contributed by atoms with Crippen LogP contribution in [0.25, 0.3) is 0 Å². The Labute approximate surface area is 193 Å². The number of aromatic hydroxyl groups is 1. The Morgan fingerprint density at radius 2 is 1.32 bits per heavy atom. The van der Waals surface area contributed by atoms with Crippen LogP contribution in [0.5, 0.6) is 5.75 Å². The molecule has 0 aromatic heterocycles. The summed E-state index contributed by atoms with van der Waals surface area (Å²) in [4.78, 5) is 71.1. The number of carbonyl (C=O) groups is 6. The van der Waals surface area contributed by atoms with Gasteiger partial charge in [-0.25, -0.2) is 4.79 Å². The molecular formula is C20H27N5O9. The van der Waals surface area contributed by atoms with Crippen molar-refractivity contribution in [2.45, 2.75) is 50.4 Å². The zero-order valence-corrected chi connectivity index (χ0v) is 18.2. The number of hydrogen-bond acceptors (Lipinski definition) is 8. The summed E-state index contributed by atoms with van der Waals surface area (Å²) in [5, 5.41) is 34.3. The molecule has 4 amide bonds. The van der Waals surface area contributed by atoms with Crippen molar-refractivity contribution in [2.24, 2.45) is 11.5 Å². The molecule has 0 saturated carbocycles. The standard InChI is InChI=1S/C20H27N5O9/c1-9(21)17(30)23-13(8-16(28)29)19(32)24-12(6-10-2-4-11(26)5-3-10)18(31)25-14(20(33)34)7-15(22)27/h2-5,9,12-14,26H,6-8,21H2,1H3,(H2,22,27)(H,23,30)(H,24,32)(H,25,31)(H,28,29)(H,33,34). The van der Waals surface area contributed by atoms with Crippen LogP contribution < -0.4 is 27.4 Å². The lowest BCUT2D eigenvalue weighted by Crippen LogP contribution is -2.58. The summed E-state index contributed by atoms with van der Waals surface area (Å²) >= 11 is 0. The van der Waals surface area contributed by atoms with E-state index < -0.39 is 72.6 Å². The number of benzene rings is 1. The van der Waals surface area contributed by atoms with Gasteiger partial charge in [0, 0.05) is 6.42 Å². The first-order valence-electron chi connectivity index (χ1n) is 9.97. The number of hydrogen-bond donors (Lipinski definition) is 8. The molecule has 0 fully saturated rings. The molecule has 14 heteroatoms. The number of carboxylic acids is 2. The molecule has 4 unspecified atom stereocenters. The molecule has 10 N–H and O–H groups in total. The van der Waals surface area contributed by atoms with E-state index >= 15 is 0 Å². The lowest BCUT2D eigenvalue weighted by atomic mass is 10.0. The second-order valence-electron chi connectivity index (χ2n) is 7.45. The predicted molar refractivity (Wildman–Crippen MR) is 115 cm³/mol. The maximum Gasteiger partial charge on any atom is 0.326 e. The van der Waals surface area contributed by atoms with Crippen molar-refractivity contribution < 1.29 is 44.1 Å². The van der Waals surface area contributed by atoms with Crippen LogP contribution in [0.1, 0.15) is 25.3 Å². The Morgan fingerprint density at radius 3 is 1.79 bits per heavy atom. The zero-order valence-electron chi connectivity index (χ0n) is 18.2. The smallest absolute Gasteiger partial charge is 0.326 e. The minimum atomic E-state index is -1.68. The third-order valence-corrected chi connectivity index (χ3v) is 4.45. The van der Waals surface area contributed by atoms with Gasteiger partial charge in [-0.2, -0.15) is 0 Å². The topological polar surface area (TPSA) is 251 Å². The van der Waals surface area contributed by atoms with Crippen LogP contribution in [0.15, 0.2) is 24.3 Å². The van der Waals surface area contributed by atoms with Gasteiger partial charge >= 0.3 is 11.9 Å². The first-order valence-corrected chi connectivity index (χ1v) is 9.97. The quantitative estimate of drug-likeness (QED) is 0.143. The fraction of sp³-hybridized carbons (Fsp3) is 0.400. The summed E-state index contributed by atoms with van der Waals surface area (Å²) in [6.07, 6.45) is -1.74. The van der Waals surface area contributed by atoms with Gasteiger partial charge in [-0.15, -0.1) is 0 Å². The summed E-state index contributed by atoms with van der Waals surface area (Å²) in [7, 11) is 0. The van der Waals surface area contributed by atoms with Crippen LogP contribution in [0.4, 0.5) is 0 Å². The van der Waals surface area contributed by atoms with Gasteiger partial charge in [0.2, 0.25) is 23.6 Å². The van der Waals surface area contributed by atoms with Crippen molar-refractivity contribution in [3.8, 4) is 5.75 Å². The molecule has 0 aliphatic rings. The monoisotopic (exact) mass is 481 g/mol. The Hall–Kier alpha value is -4.20. The van der Waals surface area contributed by atoms with E-state index in [1.54, 1.807) is 0 Å². The number of phenols is 1. The molecule has 1 aromatic rings. The fourth-order valence-corrected chi connectivity index (χ4v) is 2.71. The Morgan fingerprint density at radius 1 is 0.824 bits per heavy atom. The number of rotatable bonds is 13. The second-order valence-corrected chi connectivity index (χ2v) is 7.45. The first-order chi connectivity index (χ1) is 15.8. The number of aliphatic carboxylic acids is 2. The zero-order chi connectivity index (χ0) is 26.0. The first kappa shape index (κ1) is 27.8. The van der Waals surface area contributed by atoms with Crippen molar-refractivity contribution in [1.82, 2.24) is 16.0 Å². The molecular weight excluding hydrogens is 454 g/mol. The third-order valence-electron chi connectivity index (χ3n) is 4.45. The number of amides is 4. The molecule has 1 aromatic carbocycles. The van der Waals surface area contributed by atoms with Crippen LogP contribution in [0, 0.1) is 0 Å². The van der Waals surface area contributed by atoms with Gasteiger partial charge in [0.1, 0.15) is 23.9 Å². The maximum atomic E-state index is 12.8. The molecule has 0 bridgehead atoms. The largest absolute Gasteiger partial charge is 0.508 e. The number of nitrogens with two attached hydrogens (primary N) is 2. The van der Waals surface area contributed by atoms with E-state index in [9.17, 15) is 39.0 Å². The molecule has 1 rings (SSSR count). The predicted octanol–water partition coefficient (Wildman–Crippen LogP) is -2.83. The molecule has 34 heavy (non-hydrogen) atoms. The fourth-order valence-electron chi connectivity index (χ4n) is 2.71. The van der Waals surface area contributed by atoms with Gasteiger partial charge in [-0.3, -0.25) is 24.0 Å². The summed E-state index contributed by atoms with van der Waals surface area (Å²) < 4.78 is 0. The maximum absolute atomic E-state index is 12.8. The minimum absolute atomic E-state index is 0.0682. The molecule has 0 heterocycles. The molecule has 4 atom stereocenters. The molecule has 0 aliphatic carbocycles. The highest BCUT2D eigenvalue weighted by Crippen LogP contribution is 2.12. The highest BCUT2D eigenvalue weighted by atomic mass is 16.4. The SMILES string of the molecule is CC(N)C(=O)NC(CC(=O)O)C(=O)NC(Cc1ccc(O)cc1)C(=O)NC(CC(N)=O)C(=O)O. The van der Waals surface area contributed by atoms with Crippen LogP contribution in [-0.2, 0) is 35.2 Å². The molecule has 14 nitrogen and oxygen atoms in total. The van der Waals surface area contributed by atoms with Gasteiger partial charge in [0.15, 0.2) is 0 Å². The van der Waals surface area contributed by atoms with Crippen molar-refractivity contribution in [1.29, 1.82) is 0 Å². The second kappa shape index (κ2) is 12.7. The molecule has 0 saturated heterocycles. The van der Waals surface area contributed by atoms with Crippen molar-refractivity contribution in [2.75, 3.05) is 0 Å². The molecule has 0 aliphatic heterocycles. The number of nitrogens with one attached hydrogen (secondary N) is 3. The van der Waals surface area contributed by atoms with E-state index in [0.717, 1.165) is 0 Å². The average molecular weight is 481 g/mol. The average Bonchev–Trinajstić information content (AvgIpc) is 2.72. The molecule has 0 radical (unpaired) electrons. The summed E-state index contributed by atoms with van der Waals surface area (Å²) in [5.74, 6) is -6.90. The van der Waals surface area contributed by atoms with Crippen LogP contribution >= 0.6 is 0 Å². The summed E-state index contributed by atoms with van der Waals surface area (Å²) in [6, 6.07) is -0.270. The number of carbonyl (C=O) groups excluding carboxylic acids is 4. The van der Waals surface area contributed by atoms with Crippen molar-refractivity contribution >= 4 is 35.6 Å². The van der Waals surface area contributed by atoms with Gasteiger partial charge in [0.05, 0.1) is 18.9 Å². The van der Waals surface area contributed by atoms with Crippen molar-refractivity contribution in [3.63, 3.8) is 0 Å². The normalized spacial score (nSPS) is 14.1. The van der Waals surface area contributed by atoms with Gasteiger partial charge < -0.3 is 42.7 Å². The summed E-state index contributed by atoms with van der Waals surface area (Å²) in [5.41, 5.74) is 10.9. The van der Waals surface area contributed by atoms with E-state index in [1.807, 2.05) is 0 Å². The number of primary amides is 1. The highest BCUT2D eigenvalue weighted by Gasteiger charge is 2.31. The van der Waals surface area contributed by atoms with E-state index in [0.29, 0.717) is 5.56 Å². The van der Waals surface area contributed by atoms with Crippen molar-refractivity contribution in [3.05, 3.63) is 29.8 Å². The van der Waals surface area contributed by atoms with Gasteiger partial charge in [-0.05, 0) is 24.6 Å². The van der Waals surface area contributed by atoms with E-state index in [4.69, 9.17) is 16.6 Å². The highest BCUT2D eigenvalue weighted by molar-refractivity contribution is 5.96. The third kappa shape index (κ3) is 9.52. The number of phenolic OH excluding ortho intramolecular Hbond substituents is 1.